The van der Waals surface area contributed by atoms with Crippen LogP contribution in [0.25, 0.3) is 0 Å². The van der Waals surface area contributed by atoms with E-state index >= 15 is 0 Å². The zero-order valence-electron chi connectivity index (χ0n) is 10.6. The van der Waals surface area contributed by atoms with Crippen LogP contribution in [0.1, 0.15) is 39.0 Å². The first-order chi connectivity index (χ1) is 8.59. The van der Waals surface area contributed by atoms with Crippen LogP contribution in [0.4, 0.5) is 10.5 Å². The van der Waals surface area contributed by atoms with Gasteiger partial charge in [0, 0.05) is 5.54 Å². The SMILES string of the molecule is CC1(NC(=O)Nc2ccccc2Cl)CCCCC1. The molecule has 0 heterocycles. The third-order valence-corrected chi connectivity index (χ3v) is 3.82. The summed E-state index contributed by atoms with van der Waals surface area (Å²) in [5.41, 5.74) is 0.569. The molecule has 0 saturated heterocycles. The van der Waals surface area contributed by atoms with Crippen LogP contribution in [0.15, 0.2) is 24.3 Å². The van der Waals surface area contributed by atoms with Crippen molar-refractivity contribution >= 4 is 23.3 Å². The first kappa shape index (κ1) is 13.2. The number of rotatable bonds is 2. The Kier molecular flexibility index (Phi) is 4.12. The van der Waals surface area contributed by atoms with Gasteiger partial charge in [0.15, 0.2) is 0 Å². The second kappa shape index (κ2) is 5.61. The lowest BCUT2D eigenvalue weighted by molar-refractivity contribution is 0.221. The van der Waals surface area contributed by atoms with Crippen LogP contribution in [0.2, 0.25) is 5.02 Å². The number of carbonyl (C=O) groups excluding carboxylic acids is 1. The van der Waals surface area contributed by atoms with Crippen LogP contribution in [-0.2, 0) is 0 Å². The number of amides is 2. The fourth-order valence-electron chi connectivity index (χ4n) is 2.45. The molecule has 0 atom stereocenters. The lowest BCUT2D eigenvalue weighted by Crippen LogP contribution is -2.48. The van der Waals surface area contributed by atoms with Crippen molar-refractivity contribution in [3.05, 3.63) is 29.3 Å². The van der Waals surface area contributed by atoms with E-state index in [0.717, 1.165) is 12.8 Å². The van der Waals surface area contributed by atoms with Crippen molar-refractivity contribution in [2.45, 2.75) is 44.6 Å². The molecule has 1 aliphatic rings. The lowest BCUT2D eigenvalue weighted by atomic mass is 9.83. The van der Waals surface area contributed by atoms with E-state index in [1.54, 1.807) is 12.1 Å². The monoisotopic (exact) mass is 266 g/mol. The fourth-order valence-corrected chi connectivity index (χ4v) is 2.63. The van der Waals surface area contributed by atoms with Crippen LogP contribution in [0.5, 0.6) is 0 Å². The Morgan fingerprint density at radius 1 is 1.22 bits per heavy atom. The highest BCUT2D eigenvalue weighted by molar-refractivity contribution is 6.33. The molecule has 18 heavy (non-hydrogen) atoms. The van der Waals surface area contributed by atoms with E-state index in [4.69, 9.17) is 11.6 Å². The van der Waals surface area contributed by atoms with E-state index in [-0.39, 0.29) is 11.6 Å². The van der Waals surface area contributed by atoms with Crippen molar-refractivity contribution in [1.29, 1.82) is 0 Å². The highest BCUT2D eigenvalue weighted by Gasteiger charge is 2.28. The van der Waals surface area contributed by atoms with Gasteiger partial charge >= 0.3 is 6.03 Å². The summed E-state index contributed by atoms with van der Waals surface area (Å²) < 4.78 is 0. The molecule has 1 aromatic carbocycles. The van der Waals surface area contributed by atoms with Gasteiger partial charge in [-0.1, -0.05) is 43.0 Å². The summed E-state index contributed by atoms with van der Waals surface area (Å²) in [5, 5.41) is 6.42. The molecule has 0 bridgehead atoms. The molecule has 0 spiro atoms. The van der Waals surface area contributed by atoms with Gasteiger partial charge in [0.2, 0.25) is 0 Å². The molecular weight excluding hydrogens is 248 g/mol. The maximum Gasteiger partial charge on any atom is 0.319 e. The van der Waals surface area contributed by atoms with Crippen molar-refractivity contribution < 1.29 is 4.79 Å². The number of hydrogen-bond acceptors (Lipinski definition) is 1. The summed E-state index contributed by atoms with van der Waals surface area (Å²) in [6.07, 6.45) is 5.72. The van der Waals surface area contributed by atoms with E-state index in [9.17, 15) is 4.79 Å². The normalized spacial score (nSPS) is 18.1. The minimum atomic E-state index is -0.174. The highest BCUT2D eigenvalue weighted by Crippen LogP contribution is 2.28. The molecule has 1 saturated carbocycles. The summed E-state index contributed by atoms with van der Waals surface area (Å²) in [6, 6.07) is 7.08. The summed E-state index contributed by atoms with van der Waals surface area (Å²) in [4.78, 5) is 12.0. The largest absolute Gasteiger partial charge is 0.333 e. The molecule has 1 aromatic rings. The third-order valence-electron chi connectivity index (χ3n) is 3.49. The van der Waals surface area contributed by atoms with Gasteiger partial charge in [-0.15, -0.1) is 0 Å². The smallest absolute Gasteiger partial charge is 0.319 e. The van der Waals surface area contributed by atoms with Crippen LogP contribution >= 0.6 is 11.6 Å². The molecular formula is C14H19ClN2O. The van der Waals surface area contributed by atoms with Gasteiger partial charge in [-0.25, -0.2) is 4.79 Å². The minimum Gasteiger partial charge on any atom is -0.333 e. The Morgan fingerprint density at radius 3 is 2.56 bits per heavy atom. The first-order valence-electron chi connectivity index (χ1n) is 6.43. The van der Waals surface area contributed by atoms with Crippen molar-refractivity contribution in [2.75, 3.05) is 5.32 Å². The van der Waals surface area contributed by atoms with Crippen LogP contribution in [0.3, 0.4) is 0 Å². The van der Waals surface area contributed by atoms with E-state index < -0.39 is 0 Å². The number of halogens is 1. The summed E-state index contributed by atoms with van der Waals surface area (Å²) in [6.45, 7) is 2.11. The number of urea groups is 1. The Balaban J connectivity index is 1.94. The Morgan fingerprint density at radius 2 is 1.89 bits per heavy atom. The average molecular weight is 267 g/mol. The number of para-hydroxylation sites is 1. The molecule has 0 radical (unpaired) electrons. The predicted octanol–water partition coefficient (Wildman–Crippen LogP) is 4.18. The zero-order chi connectivity index (χ0) is 13.0. The topological polar surface area (TPSA) is 41.1 Å². The van der Waals surface area contributed by atoms with Gasteiger partial charge in [0.1, 0.15) is 0 Å². The van der Waals surface area contributed by atoms with Gasteiger partial charge in [-0.3, -0.25) is 0 Å². The average Bonchev–Trinajstić information content (AvgIpc) is 2.32. The first-order valence-corrected chi connectivity index (χ1v) is 6.81. The molecule has 3 nitrogen and oxygen atoms in total. The van der Waals surface area contributed by atoms with E-state index in [0.29, 0.717) is 10.7 Å². The Hall–Kier alpha value is -1.22. The van der Waals surface area contributed by atoms with Crippen molar-refractivity contribution in [3.8, 4) is 0 Å². The maximum absolute atomic E-state index is 12.0. The number of benzene rings is 1. The predicted molar refractivity (Wildman–Crippen MR) is 75.1 cm³/mol. The lowest BCUT2D eigenvalue weighted by Gasteiger charge is -2.34. The molecule has 4 heteroatoms. The van der Waals surface area contributed by atoms with Crippen LogP contribution < -0.4 is 10.6 Å². The van der Waals surface area contributed by atoms with Gasteiger partial charge in [0.05, 0.1) is 10.7 Å². The van der Waals surface area contributed by atoms with Crippen molar-refractivity contribution in [1.82, 2.24) is 5.32 Å². The molecule has 0 unspecified atom stereocenters. The highest BCUT2D eigenvalue weighted by atomic mass is 35.5. The summed E-state index contributed by atoms with van der Waals surface area (Å²) in [5.74, 6) is 0. The standard InChI is InChI=1S/C14H19ClN2O/c1-14(9-5-2-6-10-14)17-13(18)16-12-8-4-3-7-11(12)15/h3-4,7-8H,2,5-6,9-10H2,1H3,(H2,16,17,18). The molecule has 1 fully saturated rings. The third kappa shape index (κ3) is 3.39. The molecule has 2 rings (SSSR count). The summed E-state index contributed by atoms with van der Waals surface area (Å²) >= 11 is 6.00. The van der Waals surface area contributed by atoms with Crippen molar-refractivity contribution in [2.24, 2.45) is 0 Å². The fraction of sp³-hybridized carbons (Fsp3) is 0.500. The van der Waals surface area contributed by atoms with Gasteiger partial charge in [0.25, 0.3) is 0 Å². The van der Waals surface area contributed by atoms with Gasteiger partial charge in [-0.2, -0.15) is 0 Å². The summed E-state index contributed by atoms with van der Waals surface area (Å²) in [7, 11) is 0. The molecule has 1 aliphatic carbocycles. The van der Waals surface area contributed by atoms with Crippen LogP contribution in [0, 0.1) is 0 Å². The second-order valence-corrected chi connectivity index (χ2v) is 5.59. The molecule has 2 amide bonds. The maximum atomic E-state index is 12.0. The Bertz CT molecular complexity index is 428. The second-order valence-electron chi connectivity index (χ2n) is 5.18. The van der Waals surface area contributed by atoms with Crippen molar-refractivity contribution in [3.63, 3.8) is 0 Å². The Labute approximate surface area is 113 Å². The number of hydrogen-bond donors (Lipinski definition) is 2. The van der Waals surface area contributed by atoms with Gasteiger partial charge < -0.3 is 10.6 Å². The molecule has 2 N–H and O–H groups in total. The van der Waals surface area contributed by atoms with Crippen LogP contribution in [-0.4, -0.2) is 11.6 Å². The quantitative estimate of drug-likeness (QED) is 0.828. The minimum absolute atomic E-state index is 0.0798. The number of nitrogens with one attached hydrogen (secondary N) is 2. The van der Waals surface area contributed by atoms with E-state index in [1.165, 1.54) is 19.3 Å². The molecule has 0 aromatic heterocycles. The molecule has 98 valence electrons. The zero-order valence-corrected chi connectivity index (χ0v) is 11.4. The van der Waals surface area contributed by atoms with Gasteiger partial charge in [-0.05, 0) is 31.9 Å². The van der Waals surface area contributed by atoms with E-state index in [1.807, 2.05) is 12.1 Å². The number of carbonyl (C=O) groups is 1. The molecule has 0 aliphatic heterocycles. The number of anilines is 1. The van der Waals surface area contributed by atoms with E-state index in [2.05, 4.69) is 17.6 Å².